The van der Waals surface area contributed by atoms with Crippen LogP contribution in [0.2, 0.25) is 0 Å². The number of rotatable bonds is 4. The van der Waals surface area contributed by atoms with E-state index in [2.05, 4.69) is 172 Å². The molecule has 0 amide bonds. The van der Waals surface area contributed by atoms with Crippen molar-refractivity contribution in [2.24, 2.45) is 0 Å². The van der Waals surface area contributed by atoms with Gasteiger partial charge in [-0.2, -0.15) is 0 Å². The topological polar surface area (TPSA) is 0 Å². The molecule has 0 bridgehead atoms. The van der Waals surface area contributed by atoms with Gasteiger partial charge in [-0.1, -0.05) is 152 Å². The van der Waals surface area contributed by atoms with Gasteiger partial charge >= 0.3 is 0 Å². The van der Waals surface area contributed by atoms with E-state index in [1.54, 1.807) is 0 Å². The minimum Gasteiger partial charge on any atom is -0.0836 e. The van der Waals surface area contributed by atoms with E-state index in [1.165, 1.54) is 99.1 Å². The van der Waals surface area contributed by atoms with E-state index in [9.17, 15) is 0 Å². The summed E-state index contributed by atoms with van der Waals surface area (Å²) in [4.78, 5) is 0. The Morgan fingerprint density at radius 1 is 0.396 bits per heavy atom. The summed E-state index contributed by atoms with van der Waals surface area (Å²) in [6.45, 7) is 4.50. The zero-order valence-corrected chi connectivity index (χ0v) is 27.4. The summed E-state index contributed by atoms with van der Waals surface area (Å²) in [6, 6.07) is 54.0. The highest BCUT2D eigenvalue weighted by Gasteiger charge is 2.16. The van der Waals surface area contributed by atoms with Crippen LogP contribution in [-0.2, 0) is 6.42 Å². The van der Waals surface area contributed by atoms with Crippen molar-refractivity contribution in [3.63, 3.8) is 0 Å². The summed E-state index contributed by atoms with van der Waals surface area (Å²) in [5, 5.41) is 8.05. The van der Waals surface area contributed by atoms with Gasteiger partial charge < -0.3 is 0 Å². The molecule has 0 saturated carbocycles. The molecule has 0 fully saturated rings. The van der Waals surface area contributed by atoms with Crippen molar-refractivity contribution in [2.75, 3.05) is 0 Å². The van der Waals surface area contributed by atoms with Crippen LogP contribution in [0.3, 0.4) is 0 Å². The molecule has 0 radical (unpaired) electrons. The van der Waals surface area contributed by atoms with Gasteiger partial charge in [0, 0.05) is 0 Å². The van der Waals surface area contributed by atoms with Crippen LogP contribution in [-0.4, -0.2) is 0 Å². The monoisotopic (exact) mass is 612 g/mol. The number of allylic oxidation sites excluding steroid dienone is 1. The molecule has 1 aliphatic rings. The Kier molecular flexibility index (Phi) is 6.83. The van der Waals surface area contributed by atoms with E-state index >= 15 is 0 Å². The van der Waals surface area contributed by atoms with Crippen LogP contribution < -0.4 is 0 Å². The molecule has 8 aromatic rings. The first kappa shape index (κ1) is 28.5. The van der Waals surface area contributed by atoms with Crippen LogP contribution in [0.5, 0.6) is 0 Å². The van der Waals surface area contributed by atoms with Crippen LogP contribution in [0.1, 0.15) is 28.7 Å². The Balaban J connectivity index is 1.02. The molecule has 0 aromatic heterocycles. The maximum atomic E-state index is 2.40. The van der Waals surface area contributed by atoms with Crippen LogP contribution in [0, 0.1) is 13.8 Å². The summed E-state index contributed by atoms with van der Waals surface area (Å²) in [7, 11) is 0. The lowest BCUT2D eigenvalue weighted by molar-refractivity contribution is 1.00. The molecule has 0 heterocycles. The smallest absolute Gasteiger partial charge is 0.00960 e. The predicted octanol–water partition coefficient (Wildman–Crippen LogP) is 13.4. The maximum Gasteiger partial charge on any atom is -0.00960 e. The number of aryl methyl sites for hydroxylation is 2. The molecule has 0 unspecified atom stereocenters. The van der Waals surface area contributed by atoms with Crippen molar-refractivity contribution in [1.29, 1.82) is 0 Å². The third-order valence-corrected chi connectivity index (χ3v) is 10.6. The third kappa shape index (κ3) is 4.68. The number of benzene rings is 8. The van der Waals surface area contributed by atoms with E-state index in [0.29, 0.717) is 0 Å². The van der Waals surface area contributed by atoms with Gasteiger partial charge in [0.15, 0.2) is 0 Å². The minimum absolute atomic E-state index is 1.11. The van der Waals surface area contributed by atoms with Crippen LogP contribution in [0.25, 0.3) is 82.9 Å². The normalized spacial score (nSPS) is 12.5. The Labute approximate surface area is 282 Å². The lowest BCUT2D eigenvalue weighted by atomic mass is 9.86. The average molecular weight is 613 g/mol. The first-order valence-electron chi connectivity index (χ1n) is 17.1. The molecule has 0 nitrogen and oxygen atoms in total. The van der Waals surface area contributed by atoms with Crippen LogP contribution >= 0.6 is 0 Å². The van der Waals surface area contributed by atoms with Crippen molar-refractivity contribution in [3.8, 4) is 44.5 Å². The summed E-state index contributed by atoms with van der Waals surface area (Å²) in [5.41, 5.74) is 15.6. The van der Waals surface area contributed by atoms with Gasteiger partial charge in [0.2, 0.25) is 0 Å². The van der Waals surface area contributed by atoms with E-state index in [0.717, 1.165) is 12.8 Å². The van der Waals surface area contributed by atoms with Gasteiger partial charge in [-0.3, -0.25) is 0 Å². The fraction of sp³-hybridized carbons (Fsp3) is 0.0833. The molecule has 0 aliphatic heterocycles. The van der Waals surface area contributed by atoms with Crippen molar-refractivity contribution in [2.45, 2.75) is 26.7 Å². The van der Waals surface area contributed by atoms with Gasteiger partial charge in [0.05, 0.1) is 0 Å². The molecule has 0 spiro atoms. The Hall–Kier alpha value is -5.72. The van der Waals surface area contributed by atoms with Gasteiger partial charge in [-0.15, -0.1) is 0 Å². The molecule has 8 aromatic carbocycles. The second-order valence-electron chi connectivity index (χ2n) is 13.2. The predicted molar refractivity (Wildman–Crippen MR) is 208 cm³/mol. The van der Waals surface area contributed by atoms with Crippen molar-refractivity contribution >= 4 is 38.4 Å². The second kappa shape index (κ2) is 11.5. The Morgan fingerprint density at radius 2 is 1.00 bits per heavy atom. The second-order valence-corrected chi connectivity index (χ2v) is 13.2. The number of hydrogen-bond donors (Lipinski definition) is 0. The zero-order valence-electron chi connectivity index (χ0n) is 27.4. The largest absolute Gasteiger partial charge is 0.0836 e. The molecular formula is C48H36. The zero-order chi connectivity index (χ0) is 32.2. The molecule has 0 heteroatoms. The average Bonchev–Trinajstić information content (AvgIpc) is 3.15. The van der Waals surface area contributed by atoms with E-state index in [4.69, 9.17) is 0 Å². The van der Waals surface area contributed by atoms with E-state index < -0.39 is 0 Å². The fourth-order valence-electron chi connectivity index (χ4n) is 8.02. The van der Waals surface area contributed by atoms with Crippen molar-refractivity contribution in [3.05, 3.63) is 174 Å². The molecule has 0 atom stereocenters. The molecule has 228 valence electrons. The minimum atomic E-state index is 1.11. The highest BCUT2D eigenvalue weighted by molar-refractivity contribution is 6.14. The molecule has 48 heavy (non-hydrogen) atoms. The Bertz CT molecular complexity index is 2540. The van der Waals surface area contributed by atoms with Crippen LogP contribution in [0.15, 0.2) is 152 Å². The third-order valence-electron chi connectivity index (χ3n) is 10.6. The highest BCUT2D eigenvalue weighted by atomic mass is 14.2. The maximum absolute atomic E-state index is 2.40. The first-order chi connectivity index (χ1) is 23.6. The SMILES string of the molecule is Cc1c(-c2ccc(-c3ccc(-c4ccc5c6c(c7ccccc7c5c4)C=CCC6)cc3)cc2)cccc1-c1ccc2ccccc2c1C. The number of hydrogen-bond acceptors (Lipinski definition) is 0. The summed E-state index contributed by atoms with van der Waals surface area (Å²) in [5.74, 6) is 0. The standard InChI is InChI=1S/C48H36/c1-31-40(16-9-17-41(31)42-28-26-36-10-3-4-11-39(36)32(42)2)37-24-22-34(23-25-37)33-18-20-35(21-19-33)38-27-29-47-45-14-6-5-12-43(45)44-13-7-8-15-46(44)48(47)30-38/h3-5,7-13,15-30H,6,14H2,1-2H3. The van der Waals surface area contributed by atoms with E-state index in [1.807, 2.05) is 0 Å². The summed E-state index contributed by atoms with van der Waals surface area (Å²) >= 11 is 0. The quantitative estimate of drug-likeness (QED) is 0.173. The summed E-state index contributed by atoms with van der Waals surface area (Å²) in [6.07, 6.45) is 6.86. The van der Waals surface area contributed by atoms with Gasteiger partial charge in [0.1, 0.15) is 0 Å². The highest BCUT2D eigenvalue weighted by Crippen LogP contribution is 2.39. The van der Waals surface area contributed by atoms with E-state index in [-0.39, 0.29) is 0 Å². The number of fused-ring (bicyclic) bond motifs is 7. The molecule has 1 aliphatic carbocycles. The van der Waals surface area contributed by atoms with Crippen LogP contribution in [0.4, 0.5) is 0 Å². The Morgan fingerprint density at radius 3 is 1.77 bits per heavy atom. The van der Waals surface area contributed by atoms with Gasteiger partial charge in [-0.05, 0) is 132 Å². The molecule has 9 rings (SSSR count). The fourth-order valence-corrected chi connectivity index (χ4v) is 8.02. The first-order valence-corrected chi connectivity index (χ1v) is 17.1. The lowest BCUT2D eigenvalue weighted by Gasteiger charge is -2.18. The molecule has 0 N–H and O–H groups in total. The lowest BCUT2D eigenvalue weighted by Crippen LogP contribution is -1.97. The van der Waals surface area contributed by atoms with Gasteiger partial charge in [-0.25, -0.2) is 0 Å². The molecular weight excluding hydrogens is 577 g/mol. The summed E-state index contributed by atoms with van der Waals surface area (Å²) < 4.78 is 0. The molecule has 0 saturated heterocycles. The van der Waals surface area contributed by atoms with Gasteiger partial charge in [0.25, 0.3) is 0 Å². The van der Waals surface area contributed by atoms with Crippen molar-refractivity contribution in [1.82, 2.24) is 0 Å². The van der Waals surface area contributed by atoms with Crippen molar-refractivity contribution < 1.29 is 0 Å².